The predicted molar refractivity (Wildman–Crippen MR) is 91.0 cm³/mol. The van der Waals surface area contributed by atoms with E-state index in [0.717, 1.165) is 0 Å². The third kappa shape index (κ3) is 4.02. The molecule has 0 radical (unpaired) electrons. The number of ketones is 1. The second kappa shape index (κ2) is 8.19. The molecule has 1 aliphatic carbocycles. The summed E-state index contributed by atoms with van der Waals surface area (Å²) in [6, 6.07) is 4.73. The molecule has 5 atom stereocenters. The van der Waals surface area contributed by atoms with Gasteiger partial charge in [0.2, 0.25) is 0 Å². The van der Waals surface area contributed by atoms with Crippen molar-refractivity contribution < 1.29 is 34.0 Å². The number of Topliss-reactive ketones (excluding diaryl/α,β-unsaturated/α-hetero) is 1. The summed E-state index contributed by atoms with van der Waals surface area (Å²) in [5, 5.41) is 30.3. The van der Waals surface area contributed by atoms with Crippen molar-refractivity contribution >= 4 is 17.4 Å². The van der Waals surface area contributed by atoms with Gasteiger partial charge in [-0.3, -0.25) is 4.79 Å². The van der Waals surface area contributed by atoms with E-state index >= 15 is 0 Å². The molecule has 8 heteroatoms. The topological polar surface area (TPSA) is 96.2 Å². The van der Waals surface area contributed by atoms with Crippen LogP contribution in [-0.4, -0.2) is 58.3 Å². The second-order valence-corrected chi connectivity index (χ2v) is 7.17. The van der Waals surface area contributed by atoms with Crippen molar-refractivity contribution in [1.29, 1.82) is 0 Å². The van der Waals surface area contributed by atoms with Crippen molar-refractivity contribution in [2.75, 3.05) is 6.67 Å². The van der Waals surface area contributed by atoms with Gasteiger partial charge in [0.05, 0.1) is 11.1 Å². The molecular formula is C18H22ClFO6. The van der Waals surface area contributed by atoms with Crippen LogP contribution in [0.2, 0.25) is 5.02 Å². The molecule has 1 aliphatic heterocycles. The van der Waals surface area contributed by atoms with Crippen molar-refractivity contribution in [3.05, 3.63) is 28.8 Å². The summed E-state index contributed by atoms with van der Waals surface area (Å²) in [7, 11) is 0. The molecular weight excluding hydrogens is 367 g/mol. The Hall–Kier alpha value is -1.25. The van der Waals surface area contributed by atoms with Gasteiger partial charge >= 0.3 is 0 Å². The zero-order valence-electron chi connectivity index (χ0n) is 14.1. The minimum Gasteiger partial charge on any atom is -0.489 e. The zero-order chi connectivity index (χ0) is 18.8. The first kappa shape index (κ1) is 19.5. The molecule has 1 saturated carbocycles. The number of alkyl halides is 1. The number of carbonyl (C=O) groups excluding carboxylic acids is 1. The highest BCUT2D eigenvalue weighted by Gasteiger charge is 2.44. The standard InChI is InChI=1S/C18H22ClFO6/c19-12-6-1-9(7-13(12)25-11-4-2-10(21)3-5-11)18-17(24)16(23)15(22)14(8-20)26-18/h1,6-7,11,14-18,22-24H,2-5,8H2/t14-,15-,16+,17-,18+/m1/s1. The third-order valence-corrected chi connectivity index (χ3v) is 5.24. The van der Waals surface area contributed by atoms with Gasteiger partial charge < -0.3 is 24.8 Å². The Kier molecular flexibility index (Phi) is 6.14. The summed E-state index contributed by atoms with van der Waals surface area (Å²) in [5.74, 6) is 0.588. The first-order valence-electron chi connectivity index (χ1n) is 8.64. The normalized spacial score (nSPS) is 33.3. The summed E-state index contributed by atoms with van der Waals surface area (Å²) in [6.07, 6.45) is -4.70. The minimum atomic E-state index is -1.53. The Morgan fingerprint density at radius 3 is 2.50 bits per heavy atom. The van der Waals surface area contributed by atoms with Gasteiger partial charge in [-0.25, -0.2) is 4.39 Å². The summed E-state index contributed by atoms with van der Waals surface area (Å²) < 4.78 is 24.4. The number of halogens is 2. The Morgan fingerprint density at radius 1 is 1.15 bits per heavy atom. The average molecular weight is 389 g/mol. The first-order valence-corrected chi connectivity index (χ1v) is 9.02. The molecule has 0 amide bonds. The molecule has 1 saturated heterocycles. The van der Waals surface area contributed by atoms with Crippen molar-refractivity contribution in [2.45, 2.75) is 62.3 Å². The highest BCUT2D eigenvalue weighted by molar-refractivity contribution is 6.32. The molecule has 6 nitrogen and oxygen atoms in total. The smallest absolute Gasteiger partial charge is 0.138 e. The minimum absolute atomic E-state index is 0.136. The lowest BCUT2D eigenvalue weighted by Crippen LogP contribution is -2.54. The van der Waals surface area contributed by atoms with Crippen molar-refractivity contribution in [1.82, 2.24) is 0 Å². The fraction of sp³-hybridized carbons (Fsp3) is 0.611. The molecule has 3 rings (SSSR count). The quantitative estimate of drug-likeness (QED) is 0.727. The van der Waals surface area contributed by atoms with E-state index in [9.17, 15) is 24.5 Å². The molecule has 1 aromatic carbocycles. The zero-order valence-corrected chi connectivity index (χ0v) is 14.8. The summed E-state index contributed by atoms with van der Waals surface area (Å²) in [6.45, 7) is -0.992. The van der Waals surface area contributed by atoms with E-state index in [1.54, 1.807) is 18.2 Å². The van der Waals surface area contributed by atoms with E-state index < -0.39 is 37.2 Å². The maximum atomic E-state index is 13.1. The molecule has 0 bridgehead atoms. The average Bonchev–Trinajstić information content (AvgIpc) is 2.64. The number of carbonyl (C=O) groups is 1. The van der Waals surface area contributed by atoms with E-state index in [4.69, 9.17) is 21.1 Å². The van der Waals surface area contributed by atoms with Crippen LogP contribution in [0, 0.1) is 0 Å². The van der Waals surface area contributed by atoms with Crippen LogP contribution in [0.5, 0.6) is 5.75 Å². The van der Waals surface area contributed by atoms with Gasteiger partial charge in [0.25, 0.3) is 0 Å². The highest BCUT2D eigenvalue weighted by atomic mass is 35.5. The lowest BCUT2D eigenvalue weighted by atomic mass is 9.91. The molecule has 1 aromatic rings. The Labute approximate surface area is 155 Å². The number of hydrogen-bond donors (Lipinski definition) is 3. The molecule has 0 aromatic heterocycles. The van der Waals surface area contributed by atoms with Gasteiger partial charge in [-0.05, 0) is 30.5 Å². The van der Waals surface area contributed by atoms with Gasteiger partial charge in [0, 0.05) is 12.8 Å². The van der Waals surface area contributed by atoms with E-state index in [0.29, 0.717) is 42.0 Å². The van der Waals surface area contributed by atoms with Crippen LogP contribution in [0.15, 0.2) is 18.2 Å². The summed E-state index contributed by atoms with van der Waals surface area (Å²) in [4.78, 5) is 11.3. The lowest BCUT2D eigenvalue weighted by molar-refractivity contribution is -0.227. The number of aliphatic hydroxyl groups is 3. The lowest BCUT2D eigenvalue weighted by Gasteiger charge is -2.40. The number of rotatable bonds is 4. The monoisotopic (exact) mass is 388 g/mol. The Bertz CT molecular complexity index is 645. The van der Waals surface area contributed by atoms with Gasteiger partial charge in [-0.2, -0.15) is 0 Å². The molecule has 144 valence electrons. The van der Waals surface area contributed by atoms with Crippen LogP contribution in [0.3, 0.4) is 0 Å². The van der Waals surface area contributed by atoms with Crippen LogP contribution in [0.1, 0.15) is 37.4 Å². The van der Waals surface area contributed by atoms with Gasteiger partial charge in [-0.15, -0.1) is 0 Å². The number of benzene rings is 1. The molecule has 0 unspecified atom stereocenters. The molecule has 2 aliphatic rings. The Morgan fingerprint density at radius 2 is 1.85 bits per heavy atom. The third-order valence-electron chi connectivity index (χ3n) is 4.93. The van der Waals surface area contributed by atoms with Gasteiger partial charge in [-0.1, -0.05) is 17.7 Å². The second-order valence-electron chi connectivity index (χ2n) is 6.77. The fourth-order valence-corrected chi connectivity index (χ4v) is 3.51. The number of ether oxygens (including phenoxy) is 2. The van der Waals surface area contributed by atoms with E-state index in [2.05, 4.69) is 0 Å². The molecule has 1 heterocycles. The molecule has 2 fully saturated rings. The molecule has 3 N–H and O–H groups in total. The largest absolute Gasteiger partial charge is 0.489 e. The Balaban J connectivity index is 1.79. The maximum Gasteiger partial charge on any atom is 0.138 e. The highest BCUT2D eigenvalue weighted by Crippen LogP contribution is 2.37. The maximum absolute atomic E-state index is 13.1. The predicted octanol–water partition coefficient (Wildman–Crippen LogP) is 1.72. The van der Waals surface area contributed by atoms with E-state index in [1.165, 1.54) is 0 Å². The van der Waals surface area contributed by atoms with Crippen LogP contribution >= 0.6 is 11.6 Å². The first-order chi connectivity index (χ1) is 12.4. The SMILES string of the molecule is O=C1CCC(Oc2cc([C@@H]3O[C@H](CF)[C@@H](O)[C@H](O)[C@H]3O)ccc2Cl)CC1. The van der Waals surface area contributed by atoms with Crippen molar-refractivity contribution in [3.8, 4) is 5.75 Å². The summed E-state index contributed by atoms with van der Waals surface area (Å²) >= 11 is 6.18. The van der Waals surface area contributed by atoms with Crippen LogP contribution in [0.25, 0.3) is 0 Å². The van der Waals surface area contributed by atoms with Gasteiger partial charge in [0.1, 0.15) is 48.7 Å². The number of aliphatic hydroxyl groups excluding tert-OH is 3. The fourth-order valence-electron chi connectivity index (χ4n) is 3.35. The van der Waals surface area contributed by atoms with Crippen molar-refractivity contribution in [3.63, 3.8) is 0 Å². The van der Waals surface area contributed by atoms with Crippen LogP contribution in [-0.2, 0) is 9.53 Å². The van der Waals surface area contributed by atoms with E-state index in [-0.39, 0.29) is 11.9 Å². The summed E-state index contributed by atoms with van der Waals surface area (Å²) in [5.41, 5.74) is 0.452. The number of hydrogen-bond acceptors (Lipinski definition) is 6. The van der Waals surface area contributed by atoms with Gasteiger partial charge in [0.15, 0.2) is 0 Å². The molecule has 0 spiro atoms. The van der Waals surface area contributed by atoms with Crippen LogP contribution in [0.4, 0.5) is 4.39 Å². The van der Waals surface area contributed by atoms with Crippen molar-refractivity contribution in [2.24, 2.45) is 0 Å². The van der Waals surface area contributed by atoms with E-state index in [1.807, 2.05) is 0 Å². The molecule has 26 heavy (non-hydrogen) atoms. The van der Waals surface area contributed by atoms with Crippen LogP contribution < -0.4 is 4.74 Å².